The SMILES string of the molecule is C/C=C/C1C(C(=O)Cl)C1(C)C. The van der Waals surface area contributed by atoms with Crippen LogP contribution in [0.4, 0.5) is 0 Å². The first-order valence-electron chi connectivity index (χ1n) is 3.84. The molecule has 0 saturated heterocycles. The summed E-state index contributed by atoms with van der Waals surface area (Å²) >= 11 is 5.42. The molecule has 0 bridgehead atoms. The summed E-state index contributed by atoms with van der Waals surface area (Å²) in [4.78, 5) is 10.8. The van der Waals surface area contributed by atoms with E-state index in [0.29, 0.717) is 5.92 Å². The van der Waals surface area contributed by atoms with Crippen molar-refractivity contribution in [3.8, 4) is 0 Å². The second-order valence-corrected chi connectivity index (χ2v) is 4.03. The second kappa shape index (κ2) is 2.63. The highest BCUT2D eigenvalue weighted by molar-refractivity contribution is 6.64. The van der Waals surface area contributed by atoms with Gasteiger partial charge in [-0.2, -0.15) is 0 Å². The van der Waals surface area contributed by atoms with Crippen molar-refractivity contribution in [2.24, 2.45) is 17.3 Å². The van der Waals surface area contributed by atoms with Crippen molar-refractivity contribution in [3.05, 3.63) is 12.2 Å². The van der Waals surface area contributed by atoms with Crippen molar-refractivity contribution < 1.29 is 4.79 Å². The van der Waals surface area contributed by atoms with Gasteiger partial charge in [-0.3, -0.25) is 4.79 Å². The highest BCUT2D eigenvalue weighted by Gasteiger charge is 2.59. The Bertz CT molecular complexity index is 206. The molecule has 2 heteroatoms. The van der Waals surface area contributed by atoms with Crippen LogP contribution in [-0.2, 0) is 4.79 Å². The number of allylic oxidation sites excluding steroid dienone is 2. The second-order valence-electron chi connectivity index (χ2n) is 3.65. The summed E-state index contributed by atoms with van der Waals surface area (Å²) in [5, 5.41) is -0.196. The monoisotopic (exact) mass is 172 g/mol. The average Bonchev–Trinajstić information content (AvgIpc) is 2.35. The van der Waals surface area contributed by atoms with Crippen LogP contribution in [0, 0.1) is 17.3 Å². The zero-order valence-corrected chi connectivity index (χ0v) is 7.85. The van der Waals surface area contributed by atoms with Crippen LogP contribution in [0.2, 0.25) is 0 Å². The first-order chi connectivity index (χ1) is 5.01. The van der Waals surface area contributed by atoms with Crippen molar-refractivity contribution in [2.75, 3.05) is 0 Å². The van der Waals surface area contributed by atoms with Crippen molar-refractivity contribution in [1.29, 1.82) is 0 Å². The molecule has 0 aromatic rings. The maximum Gasteiger partial charge on any atom is 0.225 e. The highest BCUT2D eigenvalue weighted by Crippen LogP contribution is 2.59. The van der Waals surface area contributed by atoms with E-state index in [2.05, 4.69) is 19.9 Å². The van der Waals surface area contributed by atoms with E-state index >= 15 is 0 Å². The van der Waals surface area contributed by atoms with Gasteiger partial charge in [0.1, 0.15) is 0 Å². The molecule has 0 aromatic carbocycles. The Hall–Kier alpha value is -0.300. The maximum atomic E-state index is 10.8. The van der Waals surface area contributed by atoms with Gasteiger partial charge in [0.15, 0.2) is 0 Å². The van der Waals surface area contributed by atoms with Crippen molar-refractivity contribution >= 4 is 16.8 Å². The van der Waals surface area contributed by atoms with Crippen molar-refractivity contribution in [3.63, 3.8) is 0 Å². The fourth-order valence-corrected chi connectivity index (χ4v) is 2.09. The van der Waals surface area contributed by atoms with Crippen LogP contribution >= 0.6 is 11.6 Å². The molecule has 0 spiro atoms. The van der Waals surface area contributed by atoms with Crippen LogP contribution < -0.4 is 0 Å². The van der Waals surface area contributed by atoms with Gasteiger partial charge in [0.25, 0.3) is 0 Å². The molecular formula is C9H13ClO. The molecule has 1 rings (SSSR count). The van der Waals surface area contributed by atoms with E-state index < -0.39 is 0 Å². The van der Waals surface area contributed by atoms with E-state index in [4.69, 9.17) is 11.6 Å². The largest absolute Gasteiger partial charge is 0.281 e. The van der Waals surface area contributed by atoms with Crippen LogP contribution in [0.1, 0.15) is 20.8 Å². The van der Waals surface area contributed by atoms with Crippen LogP contribution in [0.5, 0.6) is 0 Å². The van der Waals surface area contributed by atoms with Gasteiger partial charge >= 0.3 is 0 Å². The molecule has 11 heavy (non-hydrogen) atoms. The fourth-order valence-electron chi connectivity index (χ4n) is 1.68. The minimum Gasteiger partial charge on any atom is -0.281 e. The van der Waals surface area contributed by atoms with Gasteiger partial charge in [0.05, 0.1) is 0 Å². The summed E-state index contributed by atoms with van der Waals surface area (Å²) in [5.41, 5.74) is 0.0886. The third kappa shape index (κ3) is 1.34. The summed E-state index contributed by atoms with van der Waals surface area (Å²) in [6.07, 6.45) is 4.04. The Morgan fingerprint density at radius 3 is 2.36 bits per heavy atom. The molecular weight excluding hydrogens is 160 g/mol. The number of halogens is 1. The van der Waals surface area contributed by atoms with Gasteiger partial charge in [-0.05, 0) is 29.9 Å². The molecule has 1 saturated carbocycles. The van der Waals surface area contributed by atoms with Gasteiger partial charge in [0, 0.05) is 5.92 Å². The van der Waals surface area contributed by atoms with Gasteiger partial charge in [-0.15, -0.1) is 0 Å². The minimum atomic E-state index is -0.196. The standard InChI is InChI=1S/C9H13ClO/c1-4-5-6-7(8(10)11)9(6,2)3/h4-7H,1-3H3/b5-4+. The summed E-state index contributed by atoms with van der Waals surface area (Å²) in [7, 11) is 0. The molecule has 0 amide bonds. The molecule has 1 fully saturated rings. The Kier molecular flexibility index (Phi) is 2.10. The quantitative estimate of drug-likeness (QED) is 0.462. The number of rotatable bonds is 2. The van der Waals surface area contributed by atoms with Crippen LogP contribution in [0.3, 0.4) is 0 Å². The minimum absolute atomic E-state index is 0.0420. The molecule has 62 valence electrons. The first kappa shape index (κ1) is 8.79. The van der Waals surface area contributed by atoms with E-state index in [9.17, 15) is 4.79 Å². The molecule has 0 aliphatic heterocycles. The van der Waals surface area contributed by atoms with Crippen molar-refractivity contribution in [2.45, 2.75) is 20.8 Å². The van der Waals surface area contributed by atoms with E-state index in [-0.39, 0.29) is 16.6 Å². The Labute approximate surface area is 72.4 Å². The van der Waals surface area contributed by atoms with E-state index in [1.807, 2.05) is 13.0 Å². The van der Waals surface area contributed by atoms with Gasteiger partial charge in [0.2, 0.25) is 5.24 Å². The summed E-state index contributed by atoms with van der Waals surface area (Å²) in [6, 6.07) is 0. The third-order valence-corrected chi connectivity index (χ3v) is 2.79. The molecule has 1 aliphatic rings. The van der Waals surface area contributed by atoms with E-state index in [1.165, 1.54) is 0 Å². The first-order valence-corrected chi connectivity index (χ1v) is 4.21. The summed E-state index contributed by atoms with van der Waals surface area (Å²) in [5.74, 6) is 0.401. The van der Waals surface area contributed by atoms with Gasteiger partial charge in [-0.1, -0.05) is 26.0 Å². The molecule has 1 nitrogen and oxygen atoms in total. The number of carbonyl (C=O) groups is 1. The zero-order chi connectivity index (χ0) is 8.65. The molecule has 2 unspecified atom stereocenters. The molecule has 2 atom stereocenters. The van der Waals surface area contributed by atoms with Crippen LogP contribution in [0.25, 0.3) is 0 Å². The Morgan fingerprint density at radius 1 is 1.55 bits per heavy atom. The molecule has 1 aliphatic carbocycles. The summed E-state index contributed by atoms with van der Waals surface area (Å²) in [6.45, 7) is 6.11. The highest BCUT2D eigenvalue weighted by atomic mass is 35.5. The lowest BCUT2D eigenvalue weighted by atomic mass is 10.1. The van der Waals surface area contributed by atoms with Crippen molar-refractivity contribution in [1.82, 2.24) is 0 Å². The van der Waals surface area contributed by atoms with E-state index in [1.54, 1.807) is 0 Å². The normalized spacial score (nSPS) is 34.2. The van der Waals surface area contributed by atoms with Gasteiger partial charge < -0.3 is 0 Å². The maximum absolute atomic E-state index is 10.8. The number of carbonyl (C=O) groups excluding carboxylic acids is 1. The lowest BCUT2D eigenvalue weighted by Crippen LogP contribution is -1.96. The molecule has 0 radical (unpaired) electrons. The predicted octanol–water partition coefficient (Wildman–Crippen LogP) is 2.60. The molecule has 0 aromatic heterocycles. The Morgan fingerprint density at radius 2 is 2.09 bits per heavy atom. The predicted molar refractivity (Wildman–Crippen MR) is 46.4 cm³/mol. The lowest BCUT2D eigenvalue weighted by Gasteiger charge is -1.95. The van der Waals surface area contributed by atoms with Crippen LogP contribution in [-0.4, -0.2) is 5.24 Å². The average molecular weight is 173 g/mol. The Balaban J connectivity index is 2.68. The smallest absolute Gasteiger partial charge is 0.225 e. The van der Waals surface area contributed by atoms with Crippen LogP contribution in [0.15, 0.2) is 12.2 Å². The van der Waals surface area contributed by atoms with Gasteiger partial charge in [-0.25, -0.2) is 0 Å². The third-order valence-electron chi connectivity index (χ3n) is 2.55. The fraction of sp³-hybridized carbons (Fsp3) is 0.667. The van der Waals surface area contributed by atoms with E-state index in [0.717, 1.165) is 0 Å². The molecule has 0 heterocycles. The molecule has 0 N–H and O–H groups in total. The number of hydrogen-bond acceptors (Lipinski definition) is 1. The topological polar surface area (TPSA) is 17.1 Å². The summed E-state index contributed by atoms with van der Waals surface area (Å²) < 4.78 is 0. The number of hydrogen-bond donors (Lipinski definition) is 0. The zero-order valence-electron chi connectivity index (χ0n) is 7.10. The lowest BCUT2D eigenvalue weighted by molar-refractivity contribution is -0.113.